The van der Waals surface area contributed by atoms with Crippen LogP contribution in [0, 0.1) is 0 Å². The standard InChI is InChI=1S/C21H29N5O.ClH/c1-15(16-7-3-2-4-8-16)24-21(10-5-6-11-21)14-23-20(27)19-17-13-22-12-9-18(17)25-26-19;/h2-4,7-8,15,22,24H,5-6,9-14H2,1H3,(H,23,27)(H,25,26);1H. The molecule has 0 saturated heterocycles. The summed E-state index contributed by atoms with van der Waals surface area (Å²) in [6.07, 6.45) is 5.48. The number of fused-ring (bicyclic) bond motifs is 1. The van der Waals surface area contributed by atoms with E-state index in [9.17, 15) is 4.79 Å². The predicted octanol–water partition coefficient (Wildman–Crippen LogP) is 2.87. The van der Waals surface area contributed by atoms with Crippen molar-refractivity contribution in [3.05, 3.63) is 52.8 Å². The molecule has 0 spiro atoms. The summed E-state index contributed by atoms with van der Waals surface area (Å²) in [5.74, 6) is -0.0726. The molecule has 1 amide bonds. The second-order valence-corrected chi connectivity index (χ2v) is 7.90. The Morgan fingerprint density at radius 2 is 2.00 bits per heavy atom. The zero-order valence-corrected chi connectivity index (χ0v) is 17.2. The lowest BCUT2D eigenvalue weighted by molar-refractivity contribution is 0.0930. The first-order valence-corrected chi connectivity index (χ1v) is 10.0. The van der Waals surface area contributed by atoms with E-state index in [2.05, 4.69) is 57.3 Å². The molecule has 152 valence electrons. The van der Waals surface area contributed by atoms with Crippen LogP contribution in [0.4, 0.5) is 0 Å². The monoisotopic (exact) mass is 403 g/mol. The number of aromatic amines is 1. The van der Waals surface area contributed by atoms with Crippen molar-refractivity contribution in [1.29, 1.82) is 0 Å². The third kappa shape index (κ3) is 4.40. The molecule has 1 aromatic carbocycles. The summed E-state index contributed by atoms with van der Waals surface area (Å²) in [5, 5.41) is 17.6. The Labute approximate surface area is 172 Å². The molecule has 7 heteroatoms. The van der Waals surface area contributed by atoms with Crippen LogP contribution in [0.1, 0.15) is 66.0 Å². The van der Waals surface area contributed by atoms with Crippen molar-refractivity contribution < 1.29 is 4.79 Å². The summed E-state index contributed by atoms with van der Waals surface area (Å²) in [5.41, 5.74) is 3.89. The Balaban J connectivity index is 0.00000225. The van der Waals surface area contributed by atoms with Crippen molar-refractivity contribution in [3.8, 4) is 0 Å². The van der Waals surface area contributed by atoms with E-state index in [1.165, 1.54) is 18.4 Å². The third-order valence-electron chi connectivity index (χ3n) is 5.99. The van der Waals surface area contributed by atoms with E-state index in [4.69, 9.17) is 0 Å². The van der Waals surface area contributed by atoms with Crippen molar-refractivity contribution >= 4 is 18.3 Å². The van der Waals surface area contributed by atoms with Crippen LogP contribution in [0.5, 0.6) is 0 Å². The summed E-state index contributed by atoms with van der Waals surface area (Å²) in [7, 11) is 0. The minimum absolute atomic E-state index is 0. The van der Waals surface area contributed by atoms with Crippen molar-refractivity contribution in [2.75, 3.05) is 13.1 Å². The first-order valence-electron chi connectivity index (χ1n) is 10.0. The number of H-pyrrole nitrogens is 1. The van der Waals surface area contributed by atoms with E-state index in [0.29, 0.717) is 18.8 Å². The van der Waals surface area contributed by atoms with E-state index >= 15 is 0 Å². The zero-order valence-electron chi connectivity index (χ0n) is 16.4. The maximum Gasteiger partial charge on any atom is 0.272 e. The van der Waals surface area contributed by atoms with E-state index in [1.807, 2.05) is 6.07 Å². The second-order valence-electron chi connectivity index (χ2n) is 7.90. The van der Waals surface area contributed by atoms with Gasteiger partial charge in [-0.25, -0.2) is 0 Å². The first kappa shape index (κ1) is 20.8. The highest BCUT2D eigenvalue weighted by Gasteiger charge is 2.36. The van der Waals surface area contributed by atoms with E-state index in [-0.39, 0.29) is 29.9 Å². The van der Waals surface area contributed by atoms with Crippen LogP contribution in [0.3, 0.4) is 0 Å². The van der Waals surface area contributed by atoms with Crippen LogP contribution >= 0.6 is 12.4 Å². The number of nitrogens with zero attached hydrogens (tertiary/aromatic N) is 1. The van der Waals surface area contributed by atoms with Crippen LogP contribution in [0.2, 0.25) is 0 Å². The maximum atomic E-state index is 12.8. The van der Waals surface area contributed by atoms with Gasteiger partial charge in [-0.1, -0.05) is 43.2 Å². The van der Waals surface area contributed by atoms with Gasteiger partial charge in [-0.3, -0.25) is 9.89 Å². The van der Waals surface area contributed by atoms with Crippen molar-refractivity contribution in [3.63, 3.8) is 0 Å². The number of carbonyl (C=O) groups excluding carboxylic acids is 1. The summed E-state index contributed by atoms with van der Waals surface area (Å²) in [6, 6.07) is 10.8. The molecule has 4 N–H and O–H groups in total. The van der Waals surface area contributed by atoms with E-state index < -0.39 is 0 Å². The molecule has 2 heterocycles. The molecule has 4 rings (SSSR count). The van der Waals surface area contributed by atoms with Gasteiger partial charge in [0, 0.05) is 48.9 Å². The number of hydrogen-bond acceptors (Lipinski definition) is 4. The van der Waals surface area contributed by atoms with Gasteiger partial charge in [-0.05, 0) is 25.3 Å². The topological polar surface area (TPSA) is 81.8 Å². The number of aromatic nitrogens is 2. The fraction of sp³-hybridized carbons (Fsp3) is 0.524. The van der Waals surface area contributed by atoms with Gasteiger partial charge >= 0.3 is 0 Å². The molecule has 1 saturated carbocycles. The summed E-state index contributed by atoms with van der Waals surface area (Å²) in [4.78, 5) is 12.8. The van der Waals surface area contributed by atoms with Crippen molar-refractivity contribution in [2.45, 2.75) is 57.2 Å². The lowest BCUT2D eigenvalue weighted by Gasteiger charge is -2.34. The molecule has 0 radical (unpaired) electrons. The molecule has 2 aliphatic rings. The van der Waals surface area contributed by atoms with Gasteiger partial charge in [0.15, 0.2) is 5.69 Å². The Morgan fingerprint density at radius 1 is 1.25 bits per heavy atom. The van der Waals surface area contributed by atoms with Gasteiger partial charge in [0.1, 0.15) is 0 Å². The normalized spacial score (nSPS) is 18.8. The predicted molar refractivity (Wildman–Crippen MR) is 113 cm³/mol. The van der Waals surface area contributed by atoms with Crippen LogP contribution in [-0.4, -0.2) is 34.7 Å². The van der Waals surface area contributed by atoms with Crippen LogP contribution in [0.15, 0.2) is 30.3 Å². The number of benzene rings is 1. The van der Waals surface area contributed by atoms with Gasteiger partial charge in [0.2, 0.25) is 0 Å². The van der Waals surface area contributed by atoms with Crippen LogP contribution in [0.25, 0.3) is 0 Å². The Bertz CT molecular complexity index is 785. The van der Waals surface area contributed by atoms with Crippen LogP contribution in [-0.2, 0) is 13.0 Å². The summed E-state index contributed by atoms with van der Waals surface area (Å²) >= 11 is 0. The molecular weight excluding hydrogens is 374 g/mol. The Kier molecular flexibility index (Phi) is 6.75. The first-order chi connectivity index (χ1) is 13.2. The minimum Gasteiger partial charge on any atom is -0.349 e. The molecule has 1 fully saturated rings. The van der Waals surface area contributed by atoms with E-state index in [0.717, 1.165) is 37.1 Å². The average molecular weight is 404 g/mol. The molecule has 28 heavy (non-hydrogen) atoms. The van der Waals surface area contributed by atoms with Gasteiger partial charge in [-0.15, -0.1) is 12.4 Å². The van der Waals surface area contributed by atoms with Gasteiger partial charge < -0.3 is 16.0 Å². The van der Waals surface area contributed by atoms with Gasteiger partial charge in [0.25, 0.3) is 5.91 Å². The largest absolute Gasteiger partial charge is 0.349 e. The smallest absolute Gasteiger partial charge is 0.272 e. The lowest BCUT2D eigenvalue weighted by Crippen LogP contribution is -2.52. The summed E-state index contributed by atoms with van der Waals surface area (Å²) < 4.78 is 0. The highest BCUT2D eigenvalue weighted by molar-refractivity contribution is 5.94. The van der Waals surface area contributed by atoms with Gasteiger partial charge in [0.05, 0.1) is 0 Å². The SMILES string of the molecule is CC(NC1(CNC(=O)c2n[nH]c3c2CNCC3)CCCC1)c1ccccc1.Cl. The molecule has 1 aliphatic heterocycles. The quantitative estimate of drug-likeness (QED) is 0.597. The number of rotatable bonds is 6. The number of halogens is 1. The second kappa shape index (κ2) is 9.07. The van der Waals surface area contributed by atoms with Crippen molar-refractivity contribution in [1.82, 2.24) is 26.1 Å². The Morgan fingerprint density at radius 3 is 2.75 bits per heavy atom. The molecular formula is C21H30ClN5O. The molecule has 2 aromatic rings. The van der Waals surface area contributed by atoms with Crippen molar-refractivity contribution in [2.24, 2.45) is 0 Å². The number of nitrogens with one attached hydrogen (secondary N) is 4. The number of amides is 1. The number of carbonyl (C=O) groups is 1. The fourth-order valence-electron chi connectivity index (χ4n) is 4.45. The molecule has 6 nitrogen and oxygen atoms in total. The summed E-state index contributed by atoms with van der Waals surface area (Å²) in [6.45, 7) is 4.48. The molecule has 1 aromatic heterocycles. The van der Waals surface area contributed by atoms with Gasteiger partial charge in [-0.2, -0.15) is 5.10 Å². The minimum atomic E-state index is -0.0726. The van der Waals surface area contributed by atoms with Crippen LogP contribution < -0.4 is 16.0 Å². The maximum absolute atomic E-state index is 12.8. The molecule has 1 unspecified atom stereocenters. The highest BCUT2D eigenvalue weighted by Crippen LogP contribution is 2.32. The fourth-order valence-corrected chi connectivity index (χ4v) is 4.45. The molecule has 0 bridgehead atoms. The third-order valence-corrected chi connectivity index (χ3v) is 5.99. The number of hydrogen-bond donors (Lipinski definition) is 4. The zero-order chi connectivity index (χ0) is 18.7. The molecule has 1 atom stereocenters. The lowest BCUT2D eigenvalue weighted by atomic mass is 9.94. The van der Waals surface area contributed by atoms with E-state index in [1.54, 1.807) is 0 Å². The molecule has 1 aliphatic carbocycles. The highest BCUT2D eigenvalue weighted by atomic mass is 35.5. The Hall–Kier alpha value is -1.89. The average Bonchev–Trinajstić information content (AvgIpc) is 3.34.